The van der Waals surface area contributed by atoms with Gasteiger partial charge in [0.2, 0.25) is 11.8 Å². The number of fused-ring (bicyclic) bond motifs is 2. The van der Waals surface area contributed by atoms with Crippen LogP contribution in [0.15, 0.2) is 48.8 Å². The van der Waals surface area contributed by atoms with Gasteiger partial charge in [0, 0.05) is 46.3 Å². The van der Waals surface area contributed by atoms with E-state index in [1.165, 1.54) is 0 Å². The zero-order valence-corrected chi connectivity index (χ0v) is 14.0. The van der Waals surface area contributed by atoms with Crippen LogP contribution in [-0.4, -0.2) is 32.0 Å². The third kappa shape index (κ3) is 2.21. The van der Waals surface area contributed by atoms with Crippen molar-refractivity contribution in [3.8, 4) is 11.5 Å². The number of H-pyrrole nitrogens is 2. The van der Waals surface area contributed by atoms with E-state index in [1.54, 1.807) is 48.8 Å². The number of carbonyl (C=O) groups is 2. The maximum Gasteiger partial charge on any atom is 0.235 e. The largest absolute Gasteiger partial charge is 0.508 e. The number of carbonyl (C=O) groups excluding carboxylic acids is 2. The molecule has 4 aromatic rings. The van der Waals surface area contributed by atoms with Gasteiger partial charge in [0.05, 0.1) is 11.8 Å². The van der Waals surface area contributed by atoms with Crippen molar-refractivity contribution in [3.63, 3.8) is 0 Å². The van der Waals surface area contributed by atoms with Gasteiger partial charge in [0.15, 0.2) is 0 Å². The molecular formula is C20H15N3O4. The van der Waals surface area contributed by atoms with Gasteiger partial charge >= 0.3 is 0 Å². The van der Waals surface area contributed by atoms with E-state index in [9.17, 15) is 19.8 Å². The molecule has 27 heavy (non-hydrogen) atoms. The summed E-state index contributed by atoms with van der Waals surface area (Å²) in [6.07, 6.45) is 3.42. The Hall–Kier alpha value is -3.74. The summed E-state index contributed by atoms with van der Waals surface area (Å²) < 4.78 is 0. The highest BCUT2D eigenvalue weighted by molar-refractivity contribution is 6.13. The van der Waals surface area contributed by atoms with Crippen LogP contribution in [-0.2, 0) is 9.59 Å². The second-order valence-electron chi connectivity index (χ2n) is 6.76. The summed E-state index contributed by atoms with van der Waals surface area (Å²) in [6.45, 7) is 0. The van der Waals surface area contributed by atoms with Crippen molar-refractivity contribution < 1.29 is 19.8 Å². The summed E-state index contributed by atoms with van der Waals surface area (Å²) >= 11 is 0. The number of amides is 2. The first kappa shape index (κ1) is 15.5. The van der Waals surface area contributed by atoms with Crippen LogP contribution in [0, 0.1) is 0 Å². The Morgan fingerprint density at radius 1 is 0.704 bits per heavy atom. The zero-order valence-electron chi connectivity index (χ0n) is 14.0. The first-order chi connectivity index (χ1) is 13.0. The number of phenolic OH excluding ortho intramolecular Hbond substituents is 2. The number of phenols is 2. The van der Waals surface area contributed by atoms with Gasteiger partial charge in [-0.05, 0) is 35.4 Å². The summed E-state index contributed by atoms with van der Waals surface area (Å²) in [5.41, 5.74) is 2.79. The predicted octanol–water partition coefficient (Wildman–Crippen LogP) is 2.58. The monoisotopic (exact) mass is 361 g/mol. The van der Waals surface area contributed by atoms with E-state index in [1.807, 2.05) is 0 Å². The average Bonchev–Trinajstić information content (AvgIpc) is 3.29. The van der Waals surface area contributed by atoms with E-state index in [-0.39, 0.29) is 23.3 Å². The third-order valence-electron chi connectivity index (χ3n) is 5.21. The number of aromatic amines is 2. The second-order valence-corrected chi connectivity index (χ2v) is 6.76. The van der Waals surface area contributed by atoms with Gasteiger partial charge in [0.25, 0.3) is 0 Å². The molecule has 0 spiro atoms. The molecule has 0 radical (unpaired) electrons. The summed E-state index contributed by atoms with van der Waals surface area (Å²) in [6, 6.07) is 9.73. The van der Waals surface area contributed by atoms with Crippen molar-refractivity contribution in [3.05, 3.63) is 59.9 Å². The van der Waals surface area contributed by atoms with E-state index in [0.717, 1.165) is 10.8 Å². The number of hydrogen-bond acceptors (Lipinski definition) is 4. The zero-order chi connectivity index (χ0) is 18.7. The Morgan fingerprint density at radius 2 is 1.15 bits per heavy atom. The highest BCUT2D eigenvalue weighted by Crippen LogP contribution is 2.43. The first-order valence-corrected chi connectivity index (χ1v) is 8.47. The maximum absolute atomic E-state index is 12.6. The molecule has 5 N–H and O–H groups in total. The summed E-state index contributed by atoms with van der Waals surface area (Å²) in [5, 5.41) is 23.3. The number of rotatable bonds is 2. The summed E-state index contributed by atoms with van der Waals surface area (Å²) in [5.74, 6) is -1.85. The molecule has 2 atom stereocenters. The number of aromatic nitrogens is 2. The number of hydrogen-bond donors (Lipinski definition) is 5. The Kier molecular flexibility index (Phi) is 3.09. The Balaban J connectivity index is 1.69. The fourth-order valence-corrected chi connectivity index (χ4v) is 4.01. The van der Waals surface area contributed by atoms with Gasteiger partial charge in [-0.1, -0.05) is 0 Å². The molecule has 134 valence electrons. The lowest BCUT2D eigenvalue weighted by Gasteiger charge is -2.15. The van der Waals surface area contributed by atoms with E-state index in [0.29, 0.717) is 22.2 Å². The highest BCUT2D eigenvalue weighted by Gasteiger charge is 2.45. The SMILES string of the molecule is O=C1NC(=O)[C@@H](c2c[nH]c3cc(O)ccc23)[C@@H]1c1c[nH]c2cc(O)ccc12. The van der Waals surface area contributed by atoms with Crippen molar-refractivity contribution in [1.82, 2.24) is 15.3 Å². The van der Waals surface area contributed by atoms with Crippen LogP contribution in [0.3, 0.4) is 0 Å². The minimum Gasteiger partial charge on any atom is -0.508 e. The van der Waals surface area contributed by atoms with Crippen LogP contribution < -0.4 is 5.32 Å². The molecule has 0 saturated carbocycles. The van der Waals surface area contributed by atoms with E-state index in [4.69, 9.17) is 0 Å². The molecule has 2 aromatic heterocycles. The average molecular weight is 361 g/mol. The van der Waals surface area contributed by atoms with Gasteiger partial charge in [-0.25, -0.2) is 0 Å². The third-order valence-corrected chi connectivity index (χ3v) is 5.21. The lowest BCUT2D eigenvalue weighted by molar-refractivity contribution is -0.125. The topological polar surface area (TPSA) is 118 Å². The summed E-state index contributed by atoms with van der Waals surface area (Å²) in [4.78, 5) is 31.4. The van der Waals surface area contributed by atoms with E-state index in [2.05, 4.69) is 15.3 Å². The lowest BCUT2D eigenvalue weighted by atomic mass is 9.83. The lowest BCUT2D eigenvalue weighted by Crippen LogP contribution is -2.21. The second kappa shape index (κ2) is 5.38. The molecule has 3 heterocycles. The molecule has 0 unspecified atom stereocenters. The Labute approximate surface area is 152 Å². The molecule has 0 bridgehead atoms. The first-order valence-electron chi connectivity index (χ1n) is 8.47. The molecule has 0 aliphatic carbocycles. The van der Waals surface area contributed by atoms with Crippen LogP contribution >= 0.6 is 0 Å². The van der Waals surface area contributed by atoms with Crippen LogP contribution in [0.2, 0.25) is 0 Å². The van der Waals surface area contributed by atoms with Crippen molar-refractivity contribution >= 4 is 33.6 Å². The Bertz CT molecular complexity index is 1140. The fraction of sp³-hybridized carbons (Fsp3) is 0.100. The maximum atomic E-state index is 12.6. The Morgan fingerprint density at radius 3 is 1.59 bits per heavy atom. The number of imide groups is 1. The van der Waals surface area contributed by atoms with Crippen LogP contribution in [0.4, 0.5) is 0 Å². The quantitative estimate of drug-likeness (QED) is 0.353. The number of nitrogens with one attached hydrogen (secondary N) is 3. The smallest absolute Gasteiger partial charge is 0.235 e. The van der Waals surface area contributed by atoms with Crippen LogP contribution in [0.1, 0.15) is 23.0 Å². The molecule has 1 aliphatic rings. The minimum absolute atomic E-state index is 0.121. The molecule has 1 fully saturated rings. The van der Waals surface area contributed by atoms with Crippen molar-refractivity contribution in [2.75, 3.05) is 0 Å². The van der Waals surface area contributed by atoms with Crippen LogP contribution in [0.25, 0.3) is 21.8 Å². The van der Waals surface area contributed by atoms with Gasteiger partial charge in [-0.2, -0.15) is 0 Å². The molecule has 1 aliphatic heterocycles. The van der Waals surface area contributed by atoms with E-state index < -0.39 is 11.8 Å². The highest BCUT2D eigenvalue weighted by atomic mass is 16.3. The van der Waals surface area contributed by atoms with Gasteiger partial charge < -0.3 is 20.2 Å². The fourth-order valence-electron chi connectivity index (χ4n) is 4.01. The van der Waals surface area contributed by atoms with Crippen LogP contribution in [0.5, 0.6) is 11.5 Å². The molecule has 5 rings (SSSR count). The molecule has 7 heteroatoms. The van der Waals surface area contributed by atoms with Crippen molar-refractivity contribution in [2.45, 2.75) is 11.8 Å². The predicted molar refractivity (Wildman–Crippen MR) is 98.6 cm³/mol. The number of aromatic hydroxyl groups is 2. The van der Waals surface area contributed by atoms with Crippen molar-refractivity contribution in [2.24, 2.45) is 0 Å². The van der Waals surface area contributed by atoms with Gasteiger partial charge in [0.1, 0.15) is 11.5 Å². The van der Waals surface area contributed by atoms with Gasteiger partial charge in [-0.3, -0.25) is 14.9 Å². The minimum atomic E-state index is -0.691. The van der Waals surface area contributed by atoms with E-state index >= 15 is 0 Å². The van der Waals surface area contributed by atoms with Gasteiger partial charge in [-0.15, -0.1) is 0 Å². The van der Waals surface area contributed by atoms with Crippen molar-refractivity contribution in [1.29, 1.82) is 0 Å². The molecule has 2 aromatic carbocycles. The molecular weight excluding hydrogens is 346 g/mol. The molecule has 1 saturated heterocycles. The standard InChI is InChI=1S/C20H15N3O4/c24-9-1-3-11-13(7-21-15(11)5-9)17-18(20(27)23-19(17)26)14-8-22-16-6-10(25)2-4-12(14)16/h1-8,17-18,21-22,24-25H,(H,23,26,27)/t17-,18-/m0/s1. The molecule has 7 nitrogen and oxygen atoms in total. The summed E-state index contributed by atoms with van der Waals surface area (Å²) in [7, 11) is 0. The normalized spacial score (nSPS) is 19.9. The number of benzene rings is 2. The molecule has 2 amide bonds.